The molecule has 1 heterocycles. The fourth-order valence-corrected chi connectivity index (χ4v) is 4.09. The summed E-state index contributed by atoms with van der Waals surface area (Å²) in [5.74, 6) is 1.97. The third-order valence-electron chi connectivity index (χ3n) is 4.61. The highest BCUT2D eigenvalue weighted by Gasteiger charge is 2.33. The van der Waals surface area contributed by atoms with E-state index in [1.54, 1.807) is 12.1 Å². The second-order valence-electron chi connectivity index (χ2n) is 5.86. The first-order valence-corrected chi connectivity index (χ1v) is 7.67. The van der Waals surface area contributed by atoms with Crippen LogP contribution in [-0.2, 0) is 0 Å². The Morgan fingerprint density at radius 1 is 1.22 bits per heavy atom. The molecule has 1 aliphatic heterocycles. The fraction of sp³-hybridized carbons (Fsp3) is 0.600. The van der Waals surface area contributed by atoms with E-state index < -0.39 is 0 Å². The van der Waals surface area contributed by atoms with E-state index in [1.165, 1.54) is 31.2 Å². The maximum atomic E-state index is 13.6. The van der Waals surface area contributed by atoms with Crippen molar-refractivity contribution in [2.45, 2.75) is 38.5 Å². The van der Waals surface area contributed by atoms with Crippen LogP contribution in [0.15, 0.2) is 16.6 Å². The highest BCUT2D eigenvalue weighted by molar-refractivity contribution is 9.10. The smallest absolute Gasteiger partial charge is 0.124 e. The minimum atomic E-state index is -0.126. The third-order valence-corrected chi connectivity index (χ3v) is 5.24. The highest BCUT2D eigenvalue weighted by Crippen LogP contribution is 2.45. The summed E-state index contributed by atoms with van der Waals surface area (Å²) in [5, 5.41) is 3.44. The van der Waals surface area contributed by atoms with Crippen molar-refractivity contribution < 1.29 is 4.39 Å². The molecule has 1 N–H and O–H groups in total. The Bertz CT molecular complexity index is 452. The predicted molar refractivity (Wildman–Crippen MR) is 76.5 cm³/mol. The molecular weight excluding hydrogens is 293 g/mol. The molecule has 1 saturated carbocycles. The number of hydrogen-bond acceptors (Lipinski definition) is 1. The second-order valence-corrected chi connectivity index (χ2v) is 6.71. The van der Waals surface area contributed by atoms with Gasteiger partial charge in [-0.3, -0.25) is 0 Å². The fourth-order valence-electron chi connectivity index (χ4n) is 3.50. The molecule has 3 rings (SSSR count). The Morgan fingerprint density at radius 3 is 2.67 bits per heavy atom. The molecule has 3 heteroatoms. The van der Waals surface area contributed by atoms with E-state index in [1.807, 2.05) is 0 Å². The van der Waals surface area contributed by atoms with Gasteiger partial charge in [0, 0.05) is 16.9 Å². The zero-order chi connectivity index (χ0) is 12.7. The van der Waals surface area contributed by atoms with Gasteiger partial charge in [0.05, 0.1) is 5.69 Å². The van der Waals surface area contributed by atoms with Crippen LogP contribution in [0.1, 0.15) is 44.1 Å². The van der Waals surface area contributed by atoms with Gasteiger partial charge in [-0.05, 0) is 58.3 Å². The van der Waals surface area contributed by atoms with Gasteiger partial charge in [-0.1, -0.05) is 19.8 Å². The minimum Gasteiger partial charge on any atom is -0.383 e. The van der Waals surface area contributed by atoms with Crippen LogP contribution in [0.3, 0.4) is 0 Å². The van der Waals surface area contributed by atoms with Gasteiger partial charge in [-0.2, -0.15) is 0 Å². The maximum Gasteiger partial charge on any atom is 0.124 e. The van der Waals surface area contributed by atoms with Crippen LogP contribution in [0.25, 0.3) is 0 Å². The van der Waals surface area contributed by atoms with Crippen LogP contribution in [0.5, 0.6) is 0 Å². The first kappa shape index (κ1) is 12.5. The molecule has 0 amide bonds. The maximum absolute atomic E-state index is 13.6. The van der Waals surface area contributed by atoms with Crippen molar-refractivity contribution in [3.63, 3.8) is 0 Å². The molecule has 0 bridgehead atoms. The Hall–Kier alpha value is -0.570. The van der Waals surface area contributed by atoms with Gasteiger partial charge in [-0.25, -0.2) is 4.39 Å². The van der Waals surface area contributed by atoms with E-state index in [2.05, 4.69) is 28.2 Å². The van der Waals surface area contributed by atoms with Crippen LogP contribution in [0.2, 0.25) is 0 Å². The molecule has 98 valence electrons. The van der Waals surface area contributed by atoms with Gasteiger partial charge in [0.1, 0.15) is 5.82 Å². The van der Waals surface area contributed by atoms with Crippen molar-refractivity contribution >= 4 is 21.6 Å². The van der Waals surface area contributed by atoms with Crippen LogP contribution in [-0.4, -0.2) is 6.54 Å². The van der Waals surface area contributed by atoms with Gasteiger partial charge in [0.2, 0.25) is 0 Å². The van der Waals surface area contributed by atoms with E-state index in [-0.39, 0.29) is 5.82 Å². The molecule has 1 nitrogen and oxygen atoms in total. The summed E-state index contributed by atoms with van der Waals surface area (Å²) in [6, 6.07) is 3.28. The largest absolute Gasteiger partial charge is 0.383 e. The van der Waals surface area contributed by atoms with Crippen molar-refractivity contribution in [3.8, 4) is 0 Å². The molecular formula is C15H19BrFN. The van der Waals surface area contributed by atoms with E-state index in [0.717, 1.165) is 28.5 Å². The summed E-state index contributed by atoms with van der Waals surface area (Å²) in [7, 11) is 0. The Kier molecular flexibility index (Phi) is 3.35. The molecule has 1 aromatic carbocycles. The normalized spacial score (nSPS) is 30.9. The van der Waals surface area contributed by atoms with Crippen LogP contribution >= 0.6 is 15.9 Å². The first-order valence-electron chi connectivity index (χ1n) is 6.88. The van der Waals surface area contributed by atoms with Gasteiger partial charge in [0.25, 0.3) is 0 Å². The summed E-state index contributed by atoms with van der Waals surface area (Å²) in [6.07, 6.45) is 5.24. The monoisotopic (exact) mass is 311 g/mol. The average Bonchev–Trinajstić information content (AvgIpc) is 2.74. The molecule has 1 aliphatic carbocycles. The highest BCUT2D eigenvalue weighted by atomic mass is 79.9. The van der Waals surface area contributed by atoms with Gasteiger partial charge < -0.3 is 5.32 Å². The van der Waals surface area contributed by atoms with Gasteiger partial charge in [0.15, 0.2) is 0 Å². The molecule has 1 atom stereocenters. The molecule has 2 aliphatic rings. The topological polar surface area (TPSA) is 12.0 Å². The Labute approximate surface area is 116 Å². The second kappa shape index (κ2) is 4.84. The van der Waals surface area contributed by atoms with Gasteiger partial charge in [-0.15, -0.1) is 0 Å². The average molecular weight is 312 g/mol. The standard InChI is InChI=1S/C15H19BrFN/c1-9-2-4-10(5-3-9)13-8-18-15-12(13)6-11(17)7-14(15)16/h6-7,9-10,13,18H,2-5,8H2,1H3. The van der Waals surface area contributed by atoms with Crippen LogP contribution in [0.4, 0.5) is 10.1 Å². The molecule has 1 unspecified atom stereocenters. The molecule has 1 fully saturated rings. The van der Waals surface area contributed by atoms with Crippen molar-refractivity contribution in [2.24, 2.45) is 11.8 Å². The summed E-state index contributed by atoms with van der Waals surface area (Å²) in [5.41, 5.74) is 2.29. The van der Waals surface area contributed by atoms with E-state index in [0.29, 0.717) is 5.92 Å². The first-order chi connectivity index (χ1) is 8.65. The number of anilines is 1. The Morgan fingerprint density at radius 2 is 1.94 bits per heavy atom. The van der Waals surface area contributed by atoms with E-state index in [9.17, 15) is 4.39 Å². The van der Waals surface area contributed by atoms with Crippen molar-refractivity contribution in [3.05, 3.63) is 28.0 Å². The minimum absolute atomic E-state index is 0.126. The SMILES string of the molecule is CC1CCC(C2CNc3c(Br)cc(F)cc32)CC1. The lowest BCUT2D eigenvalue weighted by Gasteiger charge is -2.30. The van der Waals surface area contributed by atoms with Gasteiger partial charge >= 0.3 is 0 Å². The number of nitrogens with one attached hydrogen (secondary N) is 1. The van der Waals surface area contributed by atoms with Crippen molar-refractivity contribution in [1.29, 1.82) is 0 Å². The Balaban J connectivity index is 1.86. The lowest BCUT2D eigenvalue weighted by Crippen LogP contribution is -2.20. The van der Waals surface area contributed by atoms with Crippen molar-refractivity contribution in [1.82, 2.24) is 0 Å². The lowest BCUT2D eigenvalue weighted by molar-refractivity contribution is 0.261. The molecule has 18 heavy (non-hydrogen) atoms. The summed E-state index contributed by atoms with van der Waals surface area (Å²) < 4.78 is 14.4. The number of rotatable bonds is 1. The van der Waals surface area contributed by atoms with Crippen LogP contribution < -0.4 is 5.32 Å². The number of fused-ring (bicyclic) bond motifs is 1. The predicted octanol–water partition coefficient (Wildman–Crippen LogP) is 4.92. The number of hydrogen-bond donors (Lipinski definition) is 1. The quantitative estimate of drug-likeness (QED) is 0.776. The molecule has 0 saturated heterocycles. The summed E-state index contributed by atoms with van der Waals surface area (Å²) in [6.45, 7) is 3.31. The van der Waals surface area contributed by atoms with Crippen molar-refractivity contribution in [2.75, 3.05) is 11.9 Å². The molecule has 1 aromatic rings. The molecule has 0 spiro atoms. The third kappa shape index (κ3) is 2.18. The summed E-state index contributed by atoms with van der Waals surface area (Å²) >= 11 is 3.46. The van der Waals surface area contributed by atoms with E-state index in [4.69, 9.17) is 0 Å². The lowest BCUT2D eigenvalue weighted by atomic mass is 9.75. The molecule has 0 radical (unpaired) electrons. The van der Waals surface area contributed by atoms with Crippen LogP contribution in [0, 0.1) is 17.7 Å². The molecule has 0 aromatic heterocycles. The summed E-state index contributed by atoms with van der Waals surface area (Å²) in [4.78, 5) is 0. The number of benzene rings is 1. The van der Waals surface area contributed by atoms with E-state index >= 15 is 0 Å². The zero-order valence-corrected chi connectivity index (χ0v) is 12.3. The number of halogens is 2. The zero-order valence-electron chi connectivity index (χ0n) is 10.7.